The van der Waals surface area contributed by atoms with E-state index in [2.05, 4.69) is 21.9 Å². The van der Waals surface area contributed by atoms with E-state index in [9.17, 15) is 0 Å². The van der Waals surface area contributed by atoms with Crippen LogP contribution < -0.4 is 4.74 Å². The predicted octanol–water partition coefficient (Wildman–Crippen LogP) is 0.689. The molecular weight excluding hydrogens is 168 g/mol. The summed E-state index contributed by atoms with van der Waals surface area (Å²) in [7, 11) is 0. The first-order valence-corrected chi connectivity index (χ1v) is 3.81. The van der Waals surface area contributed by atoms with E-state index in [4.69, 9.17) is 4.74 Å². The lowest BCUT2D eigenvalue weighted by atomic mass is 10.5. The molecule has 2 rings (SSSR count). The highest BCUT2D eigenvalue weighted by atomic mass is 16.5. The van der Waals surface area contributed by atoms with Crippen LogP contribution in [0.3, 0.4) is 0 Å². The Morgan fingerprint density at radius 2 is 2.46 bits per heavy atom. The molecule has 0 bridgehead atoms. The second kappa shape index (κ2) is 3.22. The Morgan fingerprint density at radius 1 is 1.54 bits per heavy atom. The maximum absolute atomic E-state index is 5.23. The van der Waals surface area contributed by atoms with Crippen LogP contribution in [0.4, 0.5) is 0 Å². The average molecular weight is 176 g/mol. The smallest absolute Gasteiger partial charge is 0.232 e. The standard InChI is InChI=1S/C8H8N4O/c1-2-5-13-8-4-3-7-10-9-6-12(7)11-8/h2-4,6H,1,5H2. The van der Waals surface area contributed by atoms with Crippen molar-refractivity contribution in [2.24, 2.45) is 0 Å². The monoisotopic (exact) mass is 176 g/mol. The Morgan fingerprint density at radius 3 is 3.31 bits per heavy atom. The average Bonchev–Trinajstić information content (AvgIpc) is 2.61. The molecule has 0 aromatic carbocycles. The van der Waals surface area contributed by atoms with Gasteiger partial charge in [0.15, 0.2) is 5.65 Å². The van der Waals surface area contributed by atoms with Crippen LogP contribution in [0.15, 0.2) is 31.1 Å². The van der Waals surface area contributed by atoms with E-state index in [1.54, 1.807) is 22.7 Å². The highest BCUT2D eigenvalue weighted by Crippen LogP contribution is 2.06. The van der Waals surface area contributed by atoms with Crippen LogP contribution >= 0.6 is 0 Å². The molecule has 13 heavy (non-hydrogen) atoms. The van der Waals surface area contributed by atoms with Gasteiger partial charge in [0.25, 0.3) is 0 Å². The van der Waals surface area contributed by atoms with Crippen molar-refractivity contribution in [3.63, 3.8) is 0 Å². The van der Waals surface area contributed by atoms with Gasteiger partial charge in [0.1, 0.15) is 12.9 Å². The molecule has 5 nitrogen and oxygen atoms in total. The van der Waals surface area contributed by atoms with Crippen molar-refractivity contribution in [1.29, 1.82) is 0 Å². The lowest BCUT2D eigenvalue weighted by Crippen LogP contribution is -1.98. The Labute approximate surface area is 74.7 Å². The summed E-state index contributed by atoms with van der Waals surface area (Å²) in [4.78, 5) is 0. The third-order valence-electron chi connectivity index (χ3n) is 1.49. The third-order valence-corrected chi connectivity index (χ3v) is 1.49. The quantitative estimate of drug-likeness (QED) is 0.645. The molecular formula is C8H8N4O. The minimum Gasteiger partial charge on any atom is -0.472 e. The van der Waals surface area contributed by atoms with Crippen molar-refractivity contribution in [2.75, 3.05) is 6.61 Å². The van der Waals surface area contributed by atoms with Crippen LogP contribution in [0.25, 0.3) is 5.65 Å². The fraction of sp³-hybridized carbons (Fsp3) is 0.125. The molecule has 0 saturated heterocycles. The number of hydrogen-bond donors (Lipinski definition) is 0. The van der Waals surface area contributed by atoms with Gasteiger partial charge in [-0.3, -0.25) is 0 Å². The SMILES string of the molecule is C=CCOc1ccc2nncn2n1. The molecule has 0 fully saturated rings. The summed E-state index contributed by atoms with van der Waals surface area (Å²) in [5, 5.41) is 11.6. The number of fused-ring (bicyclic) bond motifs is 1. The molecule has 0 saturated carbocycles. The predicted molar refractivity (Wildman–Crippen MR) is 46.5 cm³/mol. The van der Waals surface area contributed by atoms with E-state index >= 15 is 0 Å². The molecule has 0 radical (unpaired) electrons. The van der Waals surface area contributed by atoms with Crippen LogP contribution in [0.1, 0.15) is 0 Å². The van der Waals surface area contributed by atoms with Crippen molar-refractivity contribution in [1.82, 2.24) is 19.8 Å². The van der Waals surface area contributed by atoms with Gasteiger partial charge in [-0.1, -0.05) is 12.7 Å². The fourth-order valence-corrected chi connectivity index (χ4v) is 0.932. The van der Waals surface area contributed by atoms with E-state index in [1.165, 1.54) is 6.33 Å². The number of rotatable bonds is 3. The maximum Gasteiger partial charge on any atom is 0.232 e. The van der Waals surface area contributed by atoms with Gasteiger partial charge in [-0.2, -0.15) is 4.52 Å². The first kappa shape index (κ1) is 7.72. The molecule has 0 atom stereocenters. The molecule has 0 aliphatic carbocycles. The first-order chi connectivity index (χ1) is 6.40. The van der Waals surface area contributed by atoms with Crippen LogP contribution in [0, 0.1) is 0 Å². The number of ether oxygens (including phenoxy) is 1. The van der Waals surface area contributed by atoms with Gasteiger partial charge in [0.05, 0.1) is 0 Å². The minimum atomic E-state index is 0.445. The van der Waals surface area contributed by atoms with Crippen LogP contribution in [0.2, 0.25) is 0 Å². The lowest BCUT2D eigenvalue weighted by molar-refractivity contribution is 0.342. The highest BCUT2D eigenvalue weighted by molar-refractivity contribution is 5.35. The Balaban J connectivity index is 2.31. The second-order valence-corrected chi connectivity index (χ2v) is 2.40. The molecule has 0 aliphatic rings. The maximum atomic E-state index is 5.23. The molecule has 0 aliphatic heterocycles. The Hall–Kier alpha value is -1.91. The van der Waals surface area contributed by atoms with Crippen molar-refractivity contribution in [3.05, 3.63) is 31.1 Å². The van der Waals surface area contributed by atoms with E-state index in [1.807, 2.05) is 0 Å². The second-order valence-electron chi connectivity index (χ2n) is 2.40. The Kier molecular flexibility index (Phi) is 1.91. The van der Waals surface area contributed by atoms with Crippen LogP contribution in [0.5, 0.6) is 5.88 Å². The summed E-state index contributed by atoms with van der Waals surface area (Å²) in [5.41, 5.74) is 0.700. The van der Waals surface area contributed by atoms with Gasteiger partial charge in [0, 0.05) is 6.07 Å². The van der Waals surface area contributed by atoms with Crippen LogP contribution in [-0.4, -0.2) is 26.4 Å². The van der Waals surface area contributed by atoms with Crippen molar-refractivity contribution in [3.8, 4) is 5.88 Å². The number of aromatic nitrogens is 4. The highest BCUT2D eigenvalue weighted by Gasteiger charge is 1.98. The molecule has 5 heteroatoms. The summed E-state index contributed by atoms with van der Waals surface area (Å²) >= 11 is 0. The van der Waals surface area contributed by atoms with Crippen molar-refractivity contribution < 1.29 is 4.74 Å². The molecule has 2 aromatic heterocycles. The topological polar surface area (TPSA) is 52.3 Å². The summed E-state index contributed by atoms with van der Waals surface area (Å²) in [6, 6.07) is 3.53. The first-order valence-electron chi connectivity index (χ1n) is 3.81. The van der Waals surface area contributed by atoms with E-state index < -0.39 is 0 Å². The zero-order valence-corrected chi connectivity index (χ0v) is 6.92. The summed E-state index contributed by atoms with van der Waals surface area (Å²) < 4.78 is 6.78. The summed E-state index contributed by atoms with van der Waals surface area (Å²) in [5.74, 6) is 0.534. The van der Waals surface area contributed by atoms with E-state index in [-0.39, 0.29) is 0 Å². The van der Waals surface area contributed by atoms with Gasteiger partial charge in [-0.05, 0) is 6.07 Å². The normalized spacial score (nSPS) is 10.2. The lowest BCUT2D eigenvalue weighted by Gasteiger charge is -2.00. The van der Waals surface area contributed by atoms with Gasteiger partial charge >= 0.3 is 0 Å². The van der Waals surface area contributed by atoms with Gasteiger partial charge in [0.2, 0.25) is 5.88 Å². The molecule has 0 N–H and O–H groups in total. The minimum absolute atomic E-state index is 0.445. The fourth-order valence-electron chi connectivity index (χ4n) is 0.932. The van der Waals surface area contributed by atoms with Gasteiger partial charge < -0.3 is 4.74 Å². The zero-order chi connectivity index (χ0) is 9.10. The van der Waals surface area contributed by atoms with Gasteiger partial charge in [-0.15, -0.1) is 15.3 Å². The van der Waals surface area contributed by atoms with Gasteiger partial charge in [-0.25, -0.2) is 0 Å². The van der Waals surface area contributed by atoms with Crippen LogP contribution in [-0.2, 0) is 0 Å². The molecule has 66 valence electrons. The van der Waals surface area contributed by atoms with E-state index in [0.717, 1.165) is 0 Å². The molecule has 0 unspecified atom stereocenters. The Bertz CT molecular complexity index is 423. The summed E-state index contributed by atoms with van der Waals surface area (Å²) in [6.45, 7) is 3.99. The number of nitrogens with zero attached hydrogens (tertiary/aromatic N) is 4. The molecule has 2 aromatic rings. The van der Waals surface area contributed by atoms with E-state index in [0.29, 0.717) is 18.1 Å². The largest absolute Gasteiger partial charge is 0.472 e. The molecule has 2 heterocycles. The number of hydrogen-bond acceptors (Lipinski definition) is 4. The van der Waals surface area contributed by atoms with Crippen molar-refractivity contribution >= 4 is 5.65 Å². The molecule has 0 amide bonds. The zero-order valence-electron chi connectivity index (χ0n) is 6.92. The third kappa shape index (κ3) is 1.48. The van der Waals surface area contributed by atoms with Crippen molar-refractivity contribution in [2.45, 2.75) is 0 Å². The summed E-state index contributed by atoms with van der Waals surface area (Å²) in [6.07, 6.45) is 3.19. The molecule has 0 spiro atoms.